The lowest BCUT2D eigenvalue weighted by Gasteiger charge is -2.19. The van der Waals surface area contributed by atoms with E-state index < -0.39 is 0 Å². The number of esters is 1. The van der Waals surface area contributed by atoms with Gasteiger partial charge in [0.05, 0.1) is 17.7 Å². The minimum absolute atomic E-state index is 0.0359. The van der Waals surface area contributed by atoms with Gasteiger partial charge >= 0.3 is 5.97 Å². The molecule has 5 nitrogen and oxygen atoms in total. The van der Waals surface area contributed by atoms with Crippen LogP contribution in [0, 0.1) is 13.8 Å². The second-order valence-corrected chi connectivity index (χ2v) is 7.72. The van der Waals surface area contributed by atoms with Crippen LogP contribution in [0.15, 0.2) is 42.5 Å². The third-order valence-corrected chi connectivity index (χ3v) is 4.91. The van der Waals surface area contributed by atoms with Crippen LogP contribution >= 0.6 is 0 Å². The van der Waals surface area contributed by atoms with Gasteiger partial charge in [-0.2, -0.15) is 0 Å². The summed E-state index contributed by atoms with van der Waals surface area (Å²) in [6, 6.07) is 14.2. The highest BCUT2D eigenvalue weighted by Gasteiger charge is 2.22. The summed E-state index contributed by atoms with van der Waals surface area (Å²) in [4.78, 5) is 14.9. The predicted octanol–water partition coefficient (Wildman–Crippen LogP) is 4.75. The summed E-state index contributed by atoms with van der Waals surface area (Å²) in [6.45, 7) is 9.04. The Balaban J connectivity index is 2.13. The molecule has 1 heterocycles. The lowest BCUT2D eigenvalue weighted by atomic mass is 10.1. The molecule has 5 heteroatoms. The summed E-state index contributed by atoms with van der Waals surface area (Å²) in [5, 5.41) is 0.844. The number of ether oxygens (including phenoxy) is 2. The molecule has 0 N–H and O–H groups in total. The number of likely N-dealkylation sites (N-methyl/N-ethyl adjacent to an activating group) is 1. The van der Waals surface area contributed by atoms with Gasteiger partial charge in [0.1, 0.15) is 11.9 Å². The van der Waals surface area contributed by atoms with Crippen molar-refractivity contribution in [3.63, 3.8) is 0 Å². The van der Waals surface area contributed by atoms with Crippen molar-refractivity contribution in [3.8, 4) is 11.4 Å². The van der Waals surface area contributed by atoms with Gasteiger partial charge in [-0.1, -0.05) is 17.7 Å². The topological polar surface area (TPSA) is 43.7 Å². The van der Waals surface area contributed by atoms with Gasteiger partial charge in [0.2, 0.25) is 0 Å². The standard InChI is InChI=1S/C24H30N2O3/c1-7-28-24(27)23-18(4)26(19-10-8-16(2)9-11-19)22-13-12-20(14-21(22)23)29-17(3)15-25(5)6/h8-14,17H,7,15H2,1-6H3. The predicted molar refractivity (Wildman–Crippen MR) is 117 cm³/mol. The molecular weight excluding hydrogens is 364 g/mol. The number of nitrogens with zero attached hydrogens (tertiary/aromatic N) is 2. The Labute approximate surface area is 172 Å². The average Bonchev–Trinajstić information content (AvgIpc) is 2.93. The van der Waals surface area contributed by atoms with E-state index >= 15 is 0 Å². The van der Waals surface area contributed by atoms with E-state index in [2.05, 4.69) is 40.7 Å². The number of rotatable bonds is 7. The van der Waals surface area contributed by atoms with Crippen molar-refractivity contribution in [1.29, 1.82) is 0 Å². The lowest BCUT2D eigenvalue weighted by molar-refractivity contribution is 0.0527. The van der Waals surface area contributed by atoms with Crippen LogP contribution in [-0.4, -0.2) is 48.8 Å². The quantitative estimate of drug-likeness (QED) is 0.542. The fourth-order valence-electron chi connectivity index (χ4n) is 3.74. The zero-order chi connectivity index (χ0) is 21.1. The average molecular weight is 395 g/mol. The molecule has 3 rings (SSSR count). The third kappa shape index (κ3) is 4.46. The van der Waals surface area contributed by atoms with Crippen molar-refractivity contribution in [2.75, 3.05) is 27.2 Å². The number of fused-ring (bicyclic) bond motifs is 1. The Bertz CT molecular complexity index is 1000. The maximum absolute atomic E-state index is 12.8. The highest BCUT2D eigenvalue weighted by atomic mass is 16.5. The Morgan fingerprint density at radius 2 is 1.79 bits per heavy atom. The van der Waals surface area contributed by atoms with E-state index in [9.17, 15) is 4.79 Å². The SMILES string of the molecule is CCOC(=O)c1c(C)n(-c2ccc(C)cc2)c2ccc(OC(C)CN(C)C)cc12. The zero-order valence-electron chi connectivity index (χ0n) is 18.2. The lowest BCUT2D eigenvalue weighted by Crippen LogP contribution is -2.27. The van der Waals surface area contributed by atoms with Crippen LogP contribution in [0.5, 0.6) is 5.75 Å². The molecular formula is C24H30N2O3. The maximum Gasteiger partial charge on any atom is 0.340 e. The van der Waals surface area contributed by atoms with Crippen molar-refractivity contribution in [1.82, 2.24) is 9.47 Å². The van der Waals surface area contributed by atoms with Crippen molar-refractivity contribution in [2.24, 2.45) is 0 Å². The molecule has 0 amide bonds. The molecule has 0 saturated heterocycles. The molecule has 0 aliphatic heterocycles. The number of benzene rings is 2. The first-order valence-corrected chi connectivity index (χ1v) is 10.0. The molecule has 0 radical (unpaired) electrons. The van der Waals surface area contributed by atoms with Crippen molar-refractivity contribution < 1.29 is 14.3 Å². The maximum atomic E-state index is 12.8. The Morgan fingerprint density at radius 1 is 1.10 bits per heavy atom. The molecule has 0 spiro atoms. The van der Waals surface area contributed by atoms with Crippen LogP contribution in [-0.2, 0) is 4.74 Å². The molecule has 0 aliphatic rings. The molecule has 1 aromatic heterocycles. The molecule has 1 atom stereocenters. The molecule has 0 bridgehead atoms. The van der Waals surface area contributed by atoms with Crippen LogP contribution in [0.3, 0.4) is 0 Å². The summed E-state index contributed by atoms with van der Waals surface area (Å²) in [5.74, 6) is 0.442. The number of hydrogen-bond acceptors (Lipinski definition) is 4. The third-order valence-electron chi connectivity index (χ3n) is 4.91. The van der Waals surface area contributed by atoms with Crippen LogP contribution in [0.25, 0.3) is 16.6 Å². The Hall–Kier alpha value is -2.79. The van der Waals surface area contributed by atoms with Gasteiger partial charge < -0.3 is 18.9 Å². The van der Waals surface area contributed by atoms with E-state index in [4.69, 9.17) is 9.47 Å². The molecule has 1 unspecified atom stereocenters. The van der Waals surface area contributed by atoms with Gasteiger partial charge in [-0.15, -0.1) is 0 Å². The van der Waals surface area contributed by atoms with Crippen molar-refractivity contribution in [3.05, 3.63) is 59.3 Å². The highest BCUT2D eigenvalue weighted by Crippen LogP contribution is 2.33. The van der Waals surface area contributed by atoms with Crippen LogP contribution in [0.2, 0.25) is 0 Å². The smallest absolute Gasteiger partial charge is 0.340 e. The van der Waals surface area contributed by atoms with Gasteiger partial charge in [-0.05, 0) is 72.1 Å². The molecule has 29 heavy (non-hydrogen) atoms. The number of carbonyl (C=O) groups excluding carboxylic acids is 1. The molecule has 154 valence electrons. The number of carbonyl (C=O) groups is 1. The van der Waals surface area contributed by atoms with Gasteiger partial charge in [-0.3, -0.25) is 0 Å². The second-order valence-electron chi connectivity index (χ2n) is 7.72. The highest BCUT2D eigenvalue weighted by molar-refractivity contribution is 6.07. The first kappa shape index (κ1) is 20.9. The van der Waals surface area contributed by atoms with Gasteiger partial charge in [0.25, 0.3) is 0 Å². The first-order chi connectivity index (χ1) is 13.8. The Kier molecular flexibility index (Phi) is 6.28. The fraction of sp³-hybridized carbons (Fsp3) is 0.375. The molecule has 0 saturated carbocycles. The molecule has 0 aliphatic carbocycles. The zero-order valence-corrected chi connectivity index (χ0v) is 18.2. The van der Waals surface area contributed by atoms with E-state index in [1.807, 2.05) is 53.1 Å². The van der Waals surface area contributed by atoms with Gasteiger partial charge in [0, 0.05) is 23.3 Å². The number of aryl methyl sites for hydroxylation is 1. The van der Waals surface area contributed by atoms with Gasteiger partial charge in [0.15, 0.2) is 0 Å². The molecule has 2 aromatic carbocycles. The van der Waals surface area contributed by atoms with Crippen LogP contribution in [0.4, 0.5) is 0 Å². The molecule has 0 fully saturated rings. The number of aromatic nitrogens is 1. The largest absolute Gasteiger partial charge is 0.489 e. The minimum atomic E-state index is -0.306. The van der Waals surface area contributed by atoms with Crippen LogP contribution < -0.4 is 4.74 Å². The molecule has 3 aromatic rings. The summed E-state index contributed by atoms with van der Waals surface area (Å²) in [5.41, 5.74) is 4.62. The Morgan fingerprint density at radius 3 is 2.41 bits per heavy atom. The van der Waals surface area contributed by atoms with E-state index in [-0.39, 0.29) is 12.1 Å². The first-order valence-electron chi connectivity index (χ1n) is 10.0. The fourth-order valence-corrected chi connectivity index (χ4v) is 3.74. The van der Waals surface area contributed by atoms with Crippen molar-refractivity contribution >= 4 is 16.9 Å². The van der Waals surface area contributed by atoms with Crippen molar-refractivity contribution in [2.45, 2.75) is 33.8 Å². The second kappa shape index (κ2) is 8.70. The van der Waals surface area contributed by atoms with E-state index in [0.29, 0.717) is 12.2 Å². The van der Waals surface area contributed by atoms with Crippen LogP contribution in [0.1, 0.15) is 35.5 Å². The summed E-state index contributed by atoms with van der Waals surface area (Å²) >= 11 is 0. The van der Waals surface area contributed by atoms with E-state index in [0.717, 1.165) is 34.6 Å². The van der Waals surface area contributed by atoms with E-state index in [1.165, 1.54) is 5.56 Å². The minimum Gasteiger partial charge on any atom is -0.489 e. The normalized spacial score (nSPS) is 12.4. The van der Waals surface area contributed by atoms with E-state index in [1.54, 1.807) is 0 Å². The number of hydrogen-bond donors (Lipinski definition) is 0. The monoisotopic (exact) mass is 394 g/mol. The van der Waals surface area contributed by atoms with Gasteiger partial charge in [-0.25, -0.2) is 4.79 Å². The summed E-state index contributed by atoms with van der Waals surface area (Å²) in [7, 11) is 4.04. The summed E-state index contributed by atoms with van der Waals surface area (Å²) < 4.78 is 13.6. The summed E-state index contributed by atoms with van der Waals surface area (Å²) in [6.07, 6.45) is 0.0359.